The Morgan fingerprint density at radius 2 is 1.49 bits per heavy atom. The van der Waals surface area contributed by atoms with Crippen molar-refractivity contribution >= 4 is 24.0 Å². The second-order valence-electron chi connectivity index (χ2n) is 8.64. The predicted octanol–water partition coefficient (Wildman–Crippen LogP) is 2.77. The van der Waals surface area contributed by atoms with E-state index in [2.05, 4.69) is 0 Å². The quantitative estimate of drug-likeness (QED) is 0.125. The van der Waals surface area contributed by atoms with Gasteiger partial charge in [-0.25, -0.2) is 9.59 Å². The molecule has 12 nitrogen and oxygen atoms in total. The van der Waals surface area contributed by atoms with Crippen molar-refractivity contribution in [1.82, 2.24) is 0 Å². The Kier molecular flexibility index (Phi) is 7.20. The molecule has 3 aromatic rings. The van der Waals surface area contributed by atoms with Gasteiger partial charge in [0.15, 0.2) is 34.5 Å². The molecule has 3 aromatic carbocycles. The van der Waals surface area contributed by atoms with Crippen molar-refractivity contribution in [2.45, 2.75) is 24.5 Å². The predicted molar refractivity (Wildman–Crippen MR) is 132 cm³/mol. The summed E-state index contributed by atoms with van der Waals surface area (Å²) in [7, 11) is 0. The summed E-state index contributed by atoms with van der Waals surface area (Å²) < 4.78 is 10.8. The summed E-state index contributed by atoms with van der Waals surface area (Å²) in [6.07, 6.45) is -1.09. The molecule has 1 aliphatic heterocycles. The molecule has 0 aliphatic carbocycles. The zero-order chi connectivity index (χ0) is 28.4. The minimum Gasteiger partial charge on any atom is -0.504 e. The number of aliphatic carboxylic acids is 2. The van der Waals surface area contributed by atoms with E-state index in [1.165, 1.54) is 30.3 Å². The SMILES string of the molecule is O=C(/C=C/c1ccc(O)c2c1C(C(=O)O)C(c1ccc(O)c(O)c1)O2)O[C@H](Cc1ccc(O)c(O)c1)C(=O)O. The lowest BCUT2D eigenvalue weighted by Crippen LogP contribution is -2.28. The Hall–Kier alpha value is -5.39. The lowest BCUT2D eigenvalue weighted by molar-refractivity contribution is -0.160. The summed E-state index contributed by atoms with van der Waals surface area (Å²) in [4.78, 5) is 36.4. The molecule has 0 amide bonds. The van der Waals surface area contributed by atoms with Crippen LogP contribution < -0.4 is 4.74 Å². The molecule has 0 bridgehead atoms. The highest BCUT2D eigenvalue weighted by atomic mass is 16.6. The second-order valence-corrected chi connectivity index (χ2v) is 8.64. The van der Waals surface area contributed by atoms with Gasteiger partial charge in [0.25, 0.3) is 0 Å². The molecular formula is C27H22O12. The molecule has 0 aromatic heterocycles. The van der Waals surface area contributed by atoms with Crippen LogP contribution in [0.2, 0.25) is 0 Å². The molecule has 0 spiro atoms. The van der Waals surface area contributed by atoms with Crippen LogP contribution in [0.15, 0.2) is 54.6 Å². The van der Waals surface area contributed by atoms with Crippen LogP contribution in [0.4, 0.5) is 0 Å². The van der Waals surface area contributed by atoms with Gasteiger partial charge in [0, 0.05) is 18.1 Å². The van der Waals surface area contributed by atoms with E-state index in [9.17, 15) is 50.1 Å². The van der Waals surface area contributed by atoms with Crippen LogP contribution in [-0.4, -0.2) is 59.8 Å². The Morgan fingerprint density at radius 3 is 2.10 bits per heavy atom. The molecule has 0 radical (unpaired) electrons. The van der Waals surface area contributed by atoms with Crippen LogP contribution >= 0.6 is 0 Å². The van der Waals surface area contributed by atoms with Gasteiger partial charge in [0.2, 0.25) is 6.10 Å². The van der Waals surface area contributed by atoms with Crippen LogP contribution in [0.25, 0.3) is 6.08 Å². The highest BCUT2D eigenvalue weighted by molar-refractivity contribution is 5.91. The number of carboxylic acid groups (broad SMARTS) is 2. The van der Waals surface area contributed by atoms with Gasteiger partial charge in [-0.1, -0.05) is 18.2 Å². The zero-order valence-corrected chi connectivity index (χ0v) is 19.9. The summed E-state index contributed by atoms with van der Waals surface area (Å²) in [5.41, 5.74) is 0.664. The van der Waals surface area contributed by atoms with Gasteiger partial charge >= 0.3 is 17.9 Å². The van der Waals surface area contributed by atoms with Gasteiger partial charge in [-0.3, -0.25) is 4.79 Å². The zero-order valence-electron chi connectivity index (χ0n) is 19.9. The van der Waals surface area contributed by atoms with Crippen molar-refractivity contribution in [2.24, 2.45) is 0 Å². The Balaban J connectivity index is 1.59. The highest BCUT2D eigenvalue weighted by Gasteiger charge is 2.43. The largest absolute Gasteiger partial charge is 0.504 e. The molecule has 0 fully saturated rings. The standard InChI is InChI=1S/C27H22O12/c28-15-5-1-12(9-18(15)31)10-20(26(34)35)38-21(33)8-4-13-2-7-17(30)25-22(13)23(27(36)37)24(39-25)14-3-6-16(29)19(32)11-14/h1-9,11,20,23-24,28-32H,10H2,(H,34,35)(H,36,37)/b8-4+/t20-,23?,24?/m1/s1. The Bertz CT molecular complexity index is 1490. The van der Waals surface area contributed by atoms with Crippen LogP contribution in [0.5, 0.6) is 34.5 Å². The number of hydrogen-bond acceptors (Lipinski definition) is 10. The smallest absolute Gasteiger partial charge is 0.345 e. The fourth-order valence-electron chi connectivity index (χ4n) is 4.20. The van der Waals surface area contributed by atoms with Crippen LogP contribution in [0.1, 0.15) is 34.3 Å². The van der Waals surface area contributed by atoms with E-state index in [-0.39, 0.29) is 40.2 Å². The summed E-state index contributed by atoms with van der Waals surface area (Å²) in [5.74, 6) is -7.59. The van der Waals surface area contributed by atoms with Crippen molar-refractivity contribution in [3.05, 3.63) is 76.9 Å². The minimum absolute atomic E-state index is 0.0264. The van der Waals surface area contributed by atoms with E-state index in [4.69, 9.17) is 9.47 Å². The van der Waals surface area contributed by atoms with Gasteiger partial charge in [-0.2, -0.15) is 0 Å². The van der Waals surface area contributed by atoms with E-state index in [0.29, 0.717) is 0 Å². The van der Waals surface area contributed by atoms with Crippen molar-refractivity contribution in [1.29, 1.82) is 0 Å². The number of carboxylic acids is 2. The molecule has 2 unspecified atom stereocenters. The van der Waals surface area contributed by atoms with Crippen molar-refractivity contribution in [3.63, 3.8) is 0 Å². The minimum atomic E-state index is -1.64. The number of hydrogen-bond donors (Lipinski definition) is 7. The normalized spacial score (nSPS) is 16.8. The van der Waals surface area contributed by atoms with E-state index in [1.54, 1.807) is 0 Å². The number of carbonyl (C=O) groups excluding carboxylic acids is 1. The number of rotatable bonds is 8. The molecule has 3 atom stereocenters. The molecule has 7 N–H and O–H groups in total. The van der Waals surface area contributed by atoms with Gasteiger partial charge in [0.05, 0.1) is 0 Å². The van der Waals surface area contributed by atoms with Crippen molar-refractivity contribution < 1.29 is 59.6 Å². The lowest BCUT2D eigenvalue weighted by atomic mass is 9.88. The number of carbonyl (C=O) groups is 3. The molecule has 0 saturated heterocycles. The molecule has 0 saturated carbocycles. The van der Waals surface area contributed by atoms with E-state index >= 15 is 0 Å². The lowest BCUT2D eigenvalue weighted by Gasteiger charge is -2.17. The number of phenolic OH excluding ortho intramolecular Hbond substituents is 5. The maximum absolute atomic E-state index is 12.5. The molecule has 1 heterocycles. The molecule has 202 valence electrons. The number of phenols is 5. The first-order valence-electron chi connectivity index (χ1n) is 11.4. The van der Waals surface area contributed by atoms with E-state index in [1.807, 2.05) is 0 Å². The number of esters is 1. The van der Waals surface area contributed by atoms with Gasteiger partial charge in [-0.05, 0) is 53.1 Å². The van der Waals surface area contributed by atoms with Crippen molar-refractivity contribution in [3.8, 4) is 34.5 Å². The topological polar surface area (TPSA) is 211 Å². The fourth-order valence-corrected chi connectivity index (χ4v) is 4.20. The molecule has 4 rings (SSSR count). The third kappa shape index (κ3) is 5.49. The highest BCUT2D eigenvalue weighted by Crippen LogP contribution is 2.52. The van der Waals surface area contributed by atoms with Gasteiger partial charge in [0.1, 0.15) is 12.0 Å². The average molecular weight is 538 g/mol. The van der Waals surface area contributed by atoms with Crippen LogP contribution in [-0.2, 0) is 25.5 Å². The van der Waals surface area contributed by atoms with Gasteiger partial charge < -0.3 is 45.2 Å². The first kappa shape index (κ1) is 26.7. The summed E-state index contributed by atoms with van der Waals surface area (Å²) in [5, 5.41) is 68.2. The number of fused-ring (bicyclic) bond motifs is 1. The number of aromatic hydroxyl groups is 5. The molecular weight excluding hydrogens is 516 g/mol. The third-order valence-corrected chi connectivity index (χ3v) is 6.06. The van der Waals surface area contributed by atoms with Gasteiger partial charge in [-0.15, -0.1) is 0 Å². The second kappa shape index (κ2) is 10.5. The summed E-state index contributed by atoms with van der Waals surface area (Å²) in [6, 6.07) is 9.83. The van der Waals surface area contributed by atoms with Crippen molar-refractivity contribution in [2.75, 3.05) is 0 Å². The summed E-state index contributed by atoms with van der Waals surface area (Å²) in [6.45, 7) is 0. The van der Waals surface area contributed by atoms with Crippen LogP contribution in [0.3, 0.4) is 0 Å². The fraction of sp³-hybridized carbons (Fsp3) is 0.148. The average Bonchev–Trinajstić information content (AvgIpc) is 3.29. The number of ether oxygens (including phenoxy) is 2. The monoisotopic (exact) mass is 538 g/mol. The Labute approximate surface area is 219 Å². The molecule has 12 heteroatoms. The van der Waals surface area contributed by atoms with E-state index in [0.717, 1.165) is 30.3 Å². The molecule has 39 heavy (non-hydrogen) atoms. The first-order valence-corrected chi connectivity index (χ1v) is 11.4. The third-order valence-electron chi connectivity index (χ3n) is 6.06. The van der Waals surface area contributed by atoms with E-state index < -0.39 is 59.0 Å². The first-order chi connectivity index (χ1) is 18.5. The maximum atomic E-state index is 12.5. The molecule has 1 aliphatic rings. The number of benzene rings is 3. The Morgan fingerprint density at radius 1 is 0.846 bits per heavy atom. The maximum Gasteiger partial charge on any atom is 0.345 e. The van der Waals surface area contributed by atoms with Crippen LogP contribution in [0, 0.1) is 0 Å². The summed E-state index contributed by atoms with van der Waals surface area (Å²) >= 11 is 0.